The summed E-state index contributed by atoms with van der Waals surface area (Å²) in [6.45, 7) is 9.36. The summed E-state index contributed by atoms with van der Waals surface area (Å²) in [5.41, 5.74) is 1.94. The van der Waals surface area contributed by atoms with Crippen LogP contribution in [0.15, 0.2) is 52.1 Å². The second-order valence-electron chi connectivity index (χ2n) is 3.15. The van der Waals surface area contributed by atoms with Crippen LogP contribution < -0.4 is 0 Å². The lowest BCUT2D eigenvalue weighted by Gasteiger charge is -2.07. The van der Waals surface area contributed by atoms with Gasteiger partial charge in [-0.1, -0.05) is 21.2 Å². The molecule has 0 rings (SSSR count). The Hall–Kier alpha value is -1.01. The molecule has 0 aromatic heterocycles. The average Bonchev–Trinajstić information content (AvgIpc) is 2.31. The Morgan fingerprint density at radius 3 is 2.44 bits per heavy atom. The first-order valence-corrected chi connectivity index (χ1v) is 6.57. The van der Waals surface area contributed by atoms with Gasteiger partial charge in [-0.25, -0.2) is 4.39 Å². The maximum absolute atomic E-state index is 13.1. The van der Waals surface area contributed by atoms with E-state index in [0.717, 1.165) is 16.5 Å². The van der Waals surface area contributed by atoms with Crippen LogP contribution in [0.5, 0.6) is 0 Å². The van der Waals surface area contributed by atoms with Crippen LogP contribution in [0.4, 0.5) is 4.39 Å². The molecule has 1 atom stereocenters. The number of halogens is 1. The highest BCUT2D eigenvalue weighted by Gasteiger charge is 2.02. The summed E-state index contributed by atoms with van der Waals surface area (Å²) in [5.74, 6) is -0.320. The van der Waals surface area contributed by atoms with E-state index in [1.165, 1.54) is 12.2 Å². The fourth-order valence-corrected chi connectivity index (χ4v) is 2.03. The van der Waals surface area contributed by atoms with Gasteiger partial charge in [-0.05, 0) is 49.1 Å². The van der Waals surface area contributed by atoms with Crippen molar-refractivity contribution in [3.05, 3.63) is 47.1 Å². The molecule has 0 aliphatic carbocycles. The van der Waals surface area contributed by atoms with Crippen LogP contribution in [0.25, 0.3) is 0 Å². The van der Waals surface area contributed by atoms with Crippen molar-refractivity contribution in [2.24, 2.45) is 4.99 Å². The van der Waals surface area contributed by atoms with Gasteiger partial charge in [0.2, 0.25) is 0 Å². The zero-order valence-corrected chi connectivity index (χ0v) is 11.3. The SMILES string of the molecule is C=C\C(F)=C/C(=C\C)C(/C)=C(/C=NC)PC. The summed E-state index contributed by atoms with van der Waals surface area (Å²) in [4.78, 5) is 4.01. The molecular weight excluding hydrogens is 220 g/mol. The first-order valence-electron chi connectivity index (χ1n) is 5.07. The van der Waals surface area contributed by atoms with Crippen LogP contribution in [0.1, 0.15) is 13.8 Å². The molecule has 0 saturated carbocycles. The third-order valence-corrected chi connectivity index (χ3v) is 3.21. The number of rotatable bonds is 5. The quantitative estimate of drug-likeness (QED) is 0.386. The Kier molecular flexibility index (Phi) is 7.66. The fraction of sp³-hybridized carbons (Fsp3) is 0.308. The molecule has 0 aliphatic heterocycles. The Morgan fingerprint density at radius 2 is 2.06 bits per heavy atom. The highest BCUT2D eigenvalue weighted by molar-refractivity contribution is 7.43. The summed E-state index contributed by atoms with van der Waals surface area (Å²) in [5, 5.41) is 1.14. The predicted molar refractivity (Wildman–Crippen MR) is 74.5 cm³/mol. The minimum Gasteiger partial charge on any atom is -0.296 e. The van der Waals surface area contributed by atoms with Gasteiger partial charge in [-0.2, -0.15) is 0 Å². The molecule has 0 amide bonds. The zero-order chi connectivity index (χ0) is 12.6. The Labute approximate surface area is 99.3 Å². The van der Waals surface area contributed by atoms with Crippen LogP contribution in [-0.2, 0) is 0 Å². The lowest BCUT2D eigenvalue weighted by Crippen LogP contribution is -1.89. The number of hydrogen-bond acceptors (Lipinski definition) is 1. The molecule has 88 valence electrons. The van der Waals surface area contributed by atoms with Gasteiger partial charge in [-0.3, -0.25) is 4.99 Å². The standard InChI is InChI=1S/C13H19FNP/c1-6-11(8-12(14)7-2)10(3)13(16-5)9-15-4/h6-9,16H,2H2,1,3-5H3/b11-6+,12-8+,13-10-,15-9?. The van der Waals surface area contributed by atoms with Crippen molar-refractivity contribution in [3.8, 4) is 0 Å². The number of nitrogens with zero attached hydrogens (tertiary/aromatic N) is 1. The minimum atomic E-state index is -0.320. The second-order valence-corrected chi connectivity index (χ2v) is 4.19. The minimum absolute atomic E-state index is 0.320. The van der Waals surface area contributed by atoms with E-state index in [9.17, 15) is 4.39 Å². The molecule has 0 spiro atoms. The average molecular weight is 239 g/mol. The van der Waals surface area contributed by atoms with Crippen LogP contribution in [0.2, 0.25) is 0 Å². The zero-order valence-electron chi connectivity index (χ0n) is 10.3. The van der Waals surface area contributed by atoms with Gasteiger partial charge in [-0.15, -0.1) is 0 Å². The molecule has 16 heavy (non-hydrogen) atoms. The highest BCUT2D eigenvalue weighted by Crippen LogP contribution is 2.26. The molecule has 0 aromatic carbocycles. The highest BCUT2D eigenvalue weighted by atomic mass is 31.1. The monoisotopic (exact) mass is 239 g/mol. The smallest absolute Gasteiger partial charge is 0.123 e. The van der Waals surface area contributed by atoms with Gasteiger partial charge in [0.05, 0.1) is 0 Å². The Bertz CT molecular complexity index is 362. The molecule has 0 radical (unpaired) electrons. The van der Waals surface area contributed by atoms with Crippen molar-refractivity contribution in [2.45, 2.75) is 13.8 Å². The van der Waals surface area contributed by atoms with Gasteiger partial charge in [0.25, 0.3) is 0 Å². The maximum atomic E-state index is 13.1. The van der Waals surface area contributed by atoms with Crippen molar-refractivity contribution >= 4 is 14.8 Å². The van der Waals surface area contributed by atoms with E-state index in [2.05, 4.69) is 18.2 Å². The Morgan fingerprint density at radius 1 is 1.44 bits per heavy atom. The van der Waals surface area contributed by atoms with Crippen LogP contribution in [-0.4, -0.2) is 19.9 Å². The molecule has 3 heteroatoms. The van der Waals surface area contributed by atoms with Crippen molar-refractivity contribution < 1.29 is 4.39 Å². The number of allylic oxidation sites excluding steroid dienone is 7. The maximum Gasteiger partial charge on any atom is 0.123 e. The van der Waals surface area contributed by atoms with Gasteiger partial charge >= 0.3 is 0 Å². The molecule has 1 unspecified atom stereocenters. The van der Waals surface area contributed by atoms with Crippen LogP contribution in [0, 0.1) is 0 Å². The summed E-state index contributed by atoms with van der Waals surface area (Å²) in [6, 6.07) is 0. The lowest BCUT2D eigenvalue weighted by atomic mass is 10.1. The van der Waals surface area contributed by atoms with E-state index >= 15 is 0 Å². The van der Waals surface area contributed by atoms with Crippen molar-refractivity contribution in [2.75, 3.05) is 13.7 Å². The first kappa shape index (κ1) is 15.0. The third-order valence-electron chi connectivity index (χ3n) is 2.16. The molecule has 0 N–H and O–H groups in total. The molecule has 0 aliphatic rings. The molecule has 0 bridgehead atoms. The van der Waals surface area contributed by atoms with E-state index in [1.807, 2.05) is 26.1 Å². The third kappa shape index (κ3) is 4.67. The van der Waals surface area contributed by atoms with Gasteiger partial charge in [0.1, 0.15) is 5.83 Å². The fourth-order valence-electron chi connectivity index (χ4n) is 1.25. The predicted octanol–water partition coefficient (Wildman–Crippen LogP) is 4.26. The van der Waals surface area contributed by atoms with E-state index < -0.39 is 0 Å². The first-order chi connectivity index (χ1) is 7.60. The molecule has 0 fully saturated rings. The molecule has 0 heterocycles. The summed E-state index contributed by atoms with van der Waals surface area (Å²) in [6.07, 6.45) is 6.42. The molecular formula is C13H19FNP. The van der Waals surface area contributed by atoms with Crippen molar-refractivity contribution in [1.29, 1.82) is 0 Å². The molecule has 1 nitrogen and oxygen atoms in total. The van der Waals surface area contributed by atoms with E-state index in [4.69, 9.17) is 0 Å². The van der Waals surface area contributed by atoms with Gasteiger partial charge in [0.15, 0.2) is 0 Å². The van der Waals surface area contributed by atoms with E-state index in [1.54, 1.807) is 7.05 Å². The van der Waals surface area contributed by atoms with Crippen LogP contribution >= 0.6 is 8.58 Å². The Balaban J connectivity index is 5.34. The van der Waals surface area contributed by atoms with Gasteiger partial charge in [0, 0.05) is 13.3 Å². The largest absolute Gasteiger partial charge is 0.296 e. The topological polar surface area (TPSA) is 12.4 Å². The van der Waals surface area contributed by atoms with E-state index in [0.29, 0.717) is 8.58 Å². The number of aliphatic imine (C=N–C) groups is 1. The van der Waals surface area contributed by atoms with Gasteiger partial charge < -0.3 is 0 Å². The molecule has 0 aromatic rings. The van der Waals surface area contributed by atoms with Crippen molar-refractivity contribution in [1.82, 2.24) is 0 Å². The normalized spacial score (nSPS) is 16.1. The second kappa shape index (κ2) is 8.18. The van der Waals surface area contributed by atoms with E-state index in [-0.39, 0.29) is 5.83 Å². The number of hydrogen-bond donors (Lipinski definition) is 0. The lowest BCUT2D eigenvalue weighted by molar-refractivity contribution is 0.666. The van der Waals surface area contributed by atoms with Crippen LogP contribution in [0.3, 0.4) is 0 Å². The summed E-state index contributed by atoms with van der Waals surface area (Å²) >= 11 is 0. The summed E-state index contributed by atoms with van der Waals surface area (Å²) in [7, 11) is 2.38. The molecule has 0 saturated heterocycles. The summed E-state index contributed by atoms with van der Waals surface area (Å²) < 4.78 is 13.1. The van der Waals surface area contributed by atoms with Crippen molar-refractivity contribution in [3.63, 3.8) is 0 Å².